The van der Waals surface area contributed by atoms with E-state index < -0.39 is 18.1 Å². The van der Waals surface area contributed by atoms with Crippen LogP contribution >= 0.6 is 0 Å². The monoisotopic (exact) mass is 315 g/mol. The number of carbonyl (C=O) groups excluding carboxylic acids is 1. The summed E-state index contributed by atoms with van der Waals surface area (Å²) in [5.74, 6) is -0.0293. The Labute approximate surface area is 127 Å². The Balaban J connectivity index is 1.96. The van der Waals surface area contributed by atoms with E-state index >= 15 is 0 Å². The largest absolute Gasteiger partial charge is 0.394 e. The Bertz CT molecular complexity index is 523. The number of hydrogen-bond acceptors (Lipinski definition) is 2. The molecule has 0 aliphatic heterocycles. The van der Waals surface area contributed by atoms with Crippen molar-refractivity contribution in [3.8, 4) is 0 Å². The molecule has 0 aromatic heterocycles. The van der Waals surface area contributed by atoms with E-state index in [9.17, 15) is 23.1 Å². The Morgan fingerprint density at radius 2 is 1.86 bits per heavy atom. The molecule has 0 radical (unpaired) electrons. The van der Waals surface area contributed by atoms with Crippen molar-refractivity contribution in [3.05, 3.63) is 35.4 Å². The highest BCUT2D eigenvalue weighted by Crippen LogP contribution is 2.39. The lowest BCUT2D eigenvalue weighted by Gasteiger charge is -2.28. The van der Waals surface area contributed by atoms with E-state index in [-0.39, 0.29) is 24.9 Å². The molecule has 0 saturated heterocycles. The minimum atomic E-state index is -4.18. The first-order valence-corrected chi connectivity index (χ1v) is 7.32. The summed E-state index contributed by atoms with van der Waals surface area (Å²) in [6.45, 7) is 1.67. The summed E-state index contributed by atoms with van der Waals surface area (Å²) in [7, 11) is 0. The van der Waals surface area contributed by atoms with Crippen LogP contribution in [-0.2, 0) is 6.42 Å². The van der Waals surface area contributed by atoms with Gasteiger partial charge in [-0.25, -0.2) is 0 Å². The number of hydrogen-bond donors (Lipinski definition) is 2. The number of nitrogens with one attached hydrogen (secondary N) is 1. The summed E-state index contributed by atoms with van der Waals surface area (Å²) in [5.41, 5.74) is 0.295. The van der Waals surface area contributed by atoms with Gasteiger partial charge in [-0.05, 0) is 49.8 Å². The SMILES string of the molecule is CC(CO)(NC(=O)c1ccc(CCC(F)(F)F)cc1)C1CC1. The first-order chi connectivity index (χ1) is 10.2. The summed E-state index contributed by atoms with van der Waals surface area (Å²) in [6, 6.07) is 6.11. The summed E-state index contributed by atoms with van der Waals surface area (Å²) >= 11 is 0. The van der Waals surface area contributed by atoms with Crippen molar-refractivity contribution >= 4 is 5.91 Å². The molecular weight excluding hydrogens is 295 g/mol. The lowest BCUT2D eigenvalue weighted by atomic mass is 9.96. The first kappa shape index (κ1) is 16.8. The number of carbonyl (C=O) groups is 1. The lowest BCUT2D eigenvalue weighted by Crippen LogP contribution is -2.50. The van der Waals surface area contributed by atoms with Gasteiger partial charge < -0.3 is 10.4 Å². The van der Waals surface area contributed by atoms with Crippen LogP contribution in [0.3, 0.4) is 0 Å². The topological polar surface area (TPSA) is 49.3 Å². The Kier molecular flexibility index (Phi) is 4.80. The maximum absolute atomic E-state index is 12.2. The van der Waals surface area contributed by atoms with Crippen LogP contribution in [0.4, 0.5) is 13.2 Å². The van der Waals surface area contributed by atoms with Gasteiger partial charge in [0.2, 0.25) is 0 Å². The third-order valence-corrected chi connectivity index (χ3v) is 4.12. The van der Waals surface area contributed by atoms with Crippen molar-refractivity contribution in [2.75, 3.05) is 6.61 Å². The summed E-state index contributed by atoms with van der Waals surface area (Å²) in [4.78, 5) is 12.2. The molecule has 1 unspecified atom stereocenters. The van der Waals surface area contributed by atoms with Gasteiger partial charge in [-0.3, -0.25) is 4.79 Å². The molecule has 6 heteroatoms. The quantitative estimate of drug-likeness (QED) is 0.847. The second-order valence-electron chi connectivity index (χ2n) is 6.12. The lowest BCUT2D eigenvalue weighted by molar-refractivity contribution is -0.134. The van der Waals surface area contributed by atoms with Gasteiger partial charge in [-0.1, -0.05) is 12.1 Å². The molecule has 22 heavy (non-hydrogen) atoms. The zero-order valence-corrected chi connectivity index (χ0v) is 12.4. The second kappa shape index (κ2) is 6.28. The molecule has 3 nitrogen and oxygen atoms in total. The van der Waals surface area contributed by atoms with Gasteiger partial charge in [0.05, 0.1) is 12.1 Å². The average Bonchev–Trinajstić information content (AvgIpc) is 3.29. The van der Waals surface area contributed by atoms with Crippen LogP contribution in [0, 0.1) is 5.92 Å². The van der Waals surface area contributed by atoms with Crippen LogP contribution in [0.1, 0.15) is 42.1 Å². The zero-order chi connectivity index (χ0) is 16.4. The van der Waals surface area contributed by atoms with Crippen molar-refractivity contribution in [3.63, 3.8) is 0 Å². The molecule has 1 saturated carbocycles. The molecule has 1 aromatic rings. The molecule has 1 aromatic carbocycles. The fourth-order valence-electron chi connectivity index (χ4n) is 2.43. The van der Waals surface area contributed by atoms with E-state index in [2.05, 4.69) is 5.32 Å². The van der Waals surface area contributed by atoms with Crippen molar-refractivity contribution in [1.29, 1.82) is 0 Å². The average molecular weight is 315 g/mol. The van der Waals surface area contributed by atoms with Crippen LogP contribution in [0.2, 0.25) is 0 Å². The maximum atomic E-state index is 12.2. The molecule has 0 bridgehead atoms. The minimum Gasteiger partial charge on any atom is -0.394 e. The normalized spacial score (nSPS) is 17.9. The summed E-state index contributed by atoms with van der Waals surface area (Å²) in [6.07, 6.45) is -3.19. The van der Waals surface area contributed by atoms with Gasteiger partial charge >= 0.3 is 6.18 Å². The van der Waals surface area contributed by atoms with Crippen LogP contribution in [0.5, 0.6) is 0 Å². The summed E-state index contributed by atoms with van der Waals surface area (Å²) in [5, 5.41) is 12.3. The molecule has 122 valence electrons. The minimum absolute atomic E-state index is 0.0954. The molecule has 0 spiro atoms. The first-order valence-electron chi connectivity index (χ1n) is 7.32. The van der Waals surface area contributed by atoms with E-state index in [0.717, 1.165) is 12.8 Å². The highest BCUT2D eigenvalue weighted by atomic mass is 19.4. The Morgan fingerprint density at radius 3 is 2.32 bits per heavy atom. The number of rotatable bonds is 6. The van der Waals surface area contributed by atoms with Gasteiger partial charge in [-0.15, -0.1) is 0 Å². The van der Waals surface area contributed by atoms with Crippen LogP contribution in [0.15, 0.2) is 24.3 Å². The van der Waals surface area contributed by atoms with Crippen molar-refractivity contribution in [2.45, 2.75) is 44.3 Å². The number of amides is 1. The number of benzene rings is 1. The highest BCUT2D eigenvalue weighted by molar-refractivity contribution is 5.94. The molecule has 2 rings (SSSR count). The second-order valence-corrected chi connectivity index (χ2v) is 6.12. The highest BCUT2D eigenvalue weighted by Gasteiger charge is 2.42. The van der Waals surface area contributed by atoms with Crippen molar-refractivity contribution in [2.24, 2.45) is 5.92 Å². The van der Waals surface area contributed by atoms with Gasteiger partial charge in [0.25, 0.3) is 5.91 Å². The molecule has 1 aliphatic rings. The van der Waals surface area contributed by atoms with Crippen LogP contribution in [-0.4, -0.2) is 29.3 Å². The molecule has 0 heterocycles. The smallest absolute Gasteiger partial charge is 0.389 e. The van der Waals surface area contributed by atoms with Gasteiger partial charge in [0.1, 0.15) is 0 Å². The van der Waals surface area contributed by atoms with E-state index in [4.69, 9.17) is 0 Å². The molecule has 1 atom stereocenters. The van der Waals surface area contributed by atoms with Gasteiger partial charge in [-0.2, -0.15) is 13.2 Å². The van der Waals surface area contributed by atoms with E-state index in [1.807, 2.05) is 0 Å². The maximum Gasteiger partial charge on any atom is 0.389 e. The van der Waals surface area contributed by atoms with Gasteiger partial charge in [0, 0.05) is 12.0 Å². The summed E-state index contributed by atoms with van der Waals surface area (Å²) < 4.78 is 36.5. The van der Waals surface area contributed by atoms with E-state index in [1.54, 1.807) is 6.92 Å². The predicted octanol–water partition coefficient (Wildman–Crippen LogP) is 3.07. The third-order valence-electron chi connectivity index (χ3n) is 4.12. The fourth-order valence-corrected chi connectivity index (χ4v) is 2.43. The number of halogens is 3. The molecule has 1 amide bonds. The number of aryl methyl sites for hydroxylation is 1. The van der Waals surface area contributed by atoms with Crippen molar-refractivity contribution in [1.82, 2.24) is 5.32 Å². The Hall–Kier alpha value is -1.56. The number of aliphatic hydroxyl groups is 1. The predicted molar refractivity (Wildman–Crippen MR) is 76.5 cm³/mol. The molecule has 2 N–H and O–H groups in total. The Morgan fingerprint density at radius 1 is 1.27 bits per heavy atom. The van der Waals surface area contributed by atoms with E-state index in [0.29, 0.717) is 11.1 Å². The standard InChI is InChI=1S/C16H20F3NO2/c1-15(10-21,13-6-7-13)20-14(22)12-4-2-11(3-5-12)8-9-16(17,18)19/h2-5,13,21H,6-10H2,1H3,(H,20,22). The van der Waals surface area contributed by atoms with Crippen molar-refractivity contribution < 1.29 is 23.1 Å². The van der Waals surface area contributed by atoms with Crippen LogP contribution in [0.25, 0.3) is 0 Å². The number of alkyl halides is 3. The molecular formula is C16H20F3NO2. The van der Waals surface area contributed by atoms with Gasteiger partial charge in [0.15, 0.2) is 0 Å². The zero-order valence-electron chi connectivity index (χ0n) is 12.4. The third kappa shape index (κ3) is 4.47. The molecule has 1 fully saturated rings. The fraction of sp³-hybridized carbons (Fsp3) is 0.562. The van der Waals surface area contributed by atoms with E-state index in [1.165, 1.54) is 24.3 Å². The van der Waals surface area contributed by atoms with Crippen LogP contribution < -0.4 is 5.32 Å². The number of aliphatic hydroxyl groups excluding tert-OH is 1. The molecule has 1 aliphatic carbocycles.